The van der Waals surface area contributed by atoms with E-state index in [0.717, 1.165) is 11.1 Å². The van der Waals surface area contributed by atoms with Gasteiger partial charge in [0.1, 0.15) is 0 Å². The molecule has 0 bridgehead atoms. The normalized spacial score (nSPS) is 12.5. The number of pyridine rings is 2. The van der Waals surface area contributed by atoms with Crippen molar-refractivity contribution in [1.29, 1.82) is 5.26 Å². The number of nitriles is 1. The molecule has 0 aliphatic carbocycles. The second kappa shape index (κ2) is 8.63. The standard InChI is InChI=1S/C21H17F3N4/c22-21(23,24)14-28-20(16-7-5-15(11-25)6-8-16)19(17-3-1-9-26-12-17)18-4-2-10-27-13-18/h1-10,12-13,19-20,28H,14H2. The van der Waals surface area contributed by atoms with Crippen LogP contribution in [0.1, 0.15) is 34.2 Å². The molecule has 28 heavy (non-hydrogen) atoms. The number of halogens is 3. The molecular weight excluding hydrogens is 365 g/mol. The third-order valence-electron chi connectivity index (χ3n) is 4.34. The van der Waals surface area contributed by atoms with Gasteiger partial charge in [-0.15, -0.1) is 0 Å². The third kappa shape index (κ3) is 4.93. The van der Waals surface area contributed by atoms with Crippen molar-refractivity contribution in [2.75, 3.05) is 6.54 Å². The number of nitrogens with one attached hydrogen (secondary N) is 1. The molecule has 1 unspecified atom stereocenters. The summed E-state index contributed by atoms with van der Waals surface area (Å²) in [6, 6.07) is 15.0. The van der Waals surface area contributed by atoms with Crippen molar-refractivity contribution in [3.63, 3.8) is 0 Å². The molecule has 0 saturated heterocycles. The van der Waals surface area contributed by atoms with Crippen molar-refractivity contribution in [3.8, 4) is 6.07 Å². The van der Waals surface area contributed by atoms with Crippen molar-refractivity contribution in [3.05, 3.63) is 95.6 Å². The predicted octanol–water partition coefficient (Wildman–Crippen LogP) is 4.37. The molecule has 0 aliphatic rings. The fraction of sp³-hybridized carbons (Fsp3) is 0.190. The Kier molecular flexibility index (Phi) is 6.02. The van der Waals surface area contributed by atoms with E-state index in [1.165, 1.54) is 0 Å². The maximum atomic E-state index is 13.0. The van der Waals surface area contributed by atoms with E-state index >= 15 is 0 Å². The van der Waals surface area contributed by atoms with E-state index in [1.54, 1.807) is 61.2 Å². The maximum absolute atomic E-state index is 13.0. The Balaban J connectivity index is 2.08. The molecule has 1 atom stereocenters. The van der Waals surface area contributed by atoms with Crippen molar-refractivity contribution in [2.24, 2.45) is 0 Å². The van der Waals surface area contributed by atoms with Crippen LogP contribution in [0.4, 0.5) is 13.2 Å². The molecule has 0 radical (unpaired) electrons. The molecule has 0 aliphatic heterocycles. The molecule has 1 N–H and O–H groups in total. The van der Waals surface area contributed by atoms with Gasteiger partial charge < -0.3 is 5.32 Å². The summed E-state index contributed by atoms with van der Waals surface area (Å²) in [6.45, 7) is -1.14. The van der Waals surface area contributed by atoms with Gasteiger partial charge in [-0.05, 0) is 41.0 Å². The fourth-order valence-corrected chi connectivity index (χ4v) is 3.12. The van der Waals surface area contributed by atoms with Gasteiger partial charge in [0.05, 0.1) is 18.2 Å². The summed E-state index contributed by atoms with van der Waals surface area (Å²) in [6.07, 6.45) is 2.15. The lowest BCUT2D eigenvalue weighted by Crippen LogP contribution is -2.35. The number of hydrogen-bond acceptors (Lipinski definition) is 4. The Morgan fingerprint density at radius 1 is 0.893 bits per heavy atom. The minimum atomic E-state index is -4.36. The molecule has 142 valence electrons. The first-order valence-electron chi connectivity index (χ1n) is 8.58. The predicted molar refractivity (Wildman–Crippen MR) is 98.3 cm³/mol. The van der Waals surface area contributed by atoms with Gasteiger partial charge in [-0.1, -0.05) is 24.3 Å². The van der Waals surface area contributed by atoms with Gasteiger partial charge >= 0.3 is 6.18 Å². The van der Waals surface area contributed by atoms with Crippen LogP contribution in [0.3, 0.4) is 0 Å². The van der Waals surface area contributed by atoms with E-state index in [9.17, 15) is 13.2 Å². The Hall–Kier alpha value is -3.24. The first-order chi connectivity index (χ1) is 13.5. The minimum absolute atomic E-state index is 0.442. The number of benzene rings is 1. The van der Waals surface area contributed by atoms with Gasteiger partial charge in [-0.3, -0.25) is 9.97 Å². The molecule has 7 heteroatoms. The molecule has 2 aromatic heterocycles. The van der Waals surface area contributed by atoms with Gasteiger partial charge in [0.15, 0.2) is 0 Å². The smallest absolute Gasteiger partial charge is 0.301 e. The zero-order valence-electron chi connectivity index (χ0n) is 14.8. The summed E-state index contributed by atoms with van der Waals surface area (Å²) in [5.74, 6) is -0.447. The Morgan fingerprint density at radius 3 is 1.89 bits per heavy atom. The van der Waals surface area contributed by atoms with Crippen molar-refractivity contribution in [1.82, 2.24) is 15.3 Å². The van der Waals surface area contributed by atoms with Crippen LogP contribution in [-0.4, -0.2) is 22.7 Å². The van der Waals surface area contributed by atoms with Crippen LogP contribution in [0, 0.1) is 11.3 Å². The molecule has 4 nitrogen and oxygen atoms in total. The van der Waals surface area contributed by atoms with Crippen LogP contribution >= 0.6 is 0 Å². The highest BCUT2D eigenvalue weighted by Crippen LogP contribution is 2.37. The number of alkyl halides is 3. The van der Waals surface area contributed by atoms with Crippen LogP contribution in [0.2, 0.25) is 0 Å². The summed E-state index contributed by atoms with van der Waals surface area (Å²) in [7, 11) is 0. The lowest BCUT2D eigenvalue weighted by Gasteiger charge is -2.29. The van der Waals surface area contributed by atoms with E-state index in [1.807, 2.05) is 18.2 Å². The molecule has 0 amide bonds. The van der Waals surface area contributed by atoms with Crippen LogP contribution in [-0.2, 0) is 0 Å². The van der Waals surface area contributed by atoms with Gasteiger partial charge in [0, 0.05) is 36.7 Å². The van der Waals surface area contributed by atoms with Crippen LogP contribution in [0.5, 0.6) is 0 Å². The van der Waals surface area contributed by atoms with E-state index in [0.29, 0.717) is 11.1 Å². The highest BCUT2D eigenvalue weighted by molar-refractivity contribution is 5.38. The molecule has 0 fully saturated rings. The zero-order valence-corrected chi connectivity index (χ0v) is 14.8. The molecule has 0 spiro atoms. The Labute approximate surface area is 160 Å². The Morgan fingerprint density at radius 2 is 1.46 bits per heavy atom. The highest BCUT2D eigenvalue weighted by atomic mass is 19.4. The topological polar surface area (TPSA) is 61.6 Å². The van der Waals surface area contributed by atoms with Crippen LogP contribution < -0.4 is 5.32 Å². The second-order valence-electron chi connectivity index (χ2n) is 6.26. The van der Waals surface area contributed by atoms with E-state index in [-0.39, 0.29) is 0 Å². The monoisotopic (exact) mass is 382 g/mol. The lowest BCUT2D eigenvalue weighted by atomic mass is 9.83. The molecular formula is C21H17F3N4. The highest BCUT2D eigenvalue weighted by Gasteiger charge is 2.33. The first-order valence-corrected chi connectivity index (χ1v) is 8.58. The summed E-state index contributed by atoms with van der Waals surface area (Å²) < 4.78 is 39.0. The average molecular weight is 382 g/mol. The minimum Gasteiger partial charge on any atom is -0.301 e. The van der Waals surface area contributed by atoms with Gasteiger partial charge in [-0.25, -0.2) is 0 Å². The number of nitrogens with zero attached hydrogens (tertiary/aromatic N) is 3. The van der Waals surface area contributed by atoms with Gasteiger partial charge in [0.2, 0.25) is 0 Å². The summed E-state index contributed by atoms with van der Waals surface area (Å²) >= 11 is 0. The van der Waals surface area contributed by atoms with Crippen molar-refractivity contribution < 1.29 is 13.2 Å². The number of aromatic nitrogens is 2. The van der Waals surface area contributed by atoms with E-state index < -0.39 is 24.7 Å². The van der Waals surface area contributed by atoms with Crippen molar-refractivity contribution >= 4 is 0 Å². The zero-order chi connectivity index (χ0) is 20.0. The number of rotatable bonds is 6. The molecule has 1 aromatic carbocycles. The fourth-order valence-electron chi connectivity index (χ4n) is 3.12. The quantitative estimate of drug-likeness (QED) is 0.688. The average Bonchev–Trinajstić information content (AvgIpc) is 2.72. The second-order valence-corrected chi connectivity index (χ2v) is 6.26. The lowest BCUT2D eigenvalue weighted by molar-refractivity contribution is -0.126. The van der Waals surface area contributed by atoms with Gasteiger partial charge in [-0.2, -0.15) is 18.4 Å². The van der Waals surface area contributed by atoms with Gasteiger partial charge in [0.25, 0.3) is 0 Å². The molecule has 2 heterocycles. The summed E-state index contributed by atoms with van der Waals surface area (Å²) in [4.78, 5) is 8.26. The van der Waals surface area contributed by atoms with E-state index in [4.69, 9.17) is 5.26 Å². The van der Waals surface area contributed by atoms with Crippen LogP contribution in [0.15, 0.2) is 73.3 Å². The summed E-state index contributed by atoms with van der Waals surface area (Å²) in [5.41, 5.74) is 2.61. The largest absolute Gasteiger partial charge is 0.401 e. The molecule has 3 rings (SSSR count). The first kappa shape index (κ1) is 19.5. The van der Waals surface area contributed by atoms with E-state index in [2.05, 4.69) is 15.3 Å². The van der Waals surface area contributed by atoms with Crippen LogP contribution in [0.25, 0.3) is 0 Å². The number of hydrogen-bond donors (Lipinski definition) is 1. The maximum Gasteiger partial charge on any atom is 0.401 e. The van der Waals surface area contributed by atoms with Crippen molar-refractivity contribution in [2.45, 2.75) is 18.1 Å². The summed E-state index contributed by atoms with van der Waals surface area (Å²) in [5, 5.41) is 11.7. The molecule has 3 aromatic rings. The molecule has 0 saturated carbocycles. The third-order valence-corrected chi connectivity index (χ3v) is 4.34. The Bertz CT molecular complexity index is 880. The SMILES string of the molecule is N#Cc1ccc(C(NCC(F)(F)F)C(c2cccnc2)c2cccnc2)cc1.